The summed E-state index contributed by atoms with van der Waals surface area (Å²) in [5, 5.41) is 3.09. The molecule has 0 heterocycles. The van der Waals surface area contributed by atoms with E-state index in [9.17, 15) is 0 Å². The van der Waals surface area contributed by atoms with E-state index in [2.05, 4.69) is 16.9 Å². The molecule has 0 spiro atoms. The first kappa shape index (κ1) is 16.9. The van der Waals surface area contributed by atoms with Crippen molar-refractivity contribution in [2.45, 2.75) is 19.8 Å². The molecule has 1 aromatic carbocycles. The minimum atomic E-state index is 0.454. The largest absolute Gasteiger partial charge is 0.497 e. The molecule has 0 saturated heterocycles. The lowest BCUT2D eigenvalue weighted by Gasteiger charge is -2.11. The van der Waals surface area contributed by atoms with E-state index in [4.69, 9.17) is 15.2 Å². The Morgan fingerprint density at radius 1 is 1.33 bits per heavy atom. The topological polar surface area (TPSA) is 68.9 Å². The number of aryl methyl sites for hydroxylation is 1. The molecular formula is C16H25N3O2. The van der Waals surface area contributed by atoms with Crippen LogP contribution in [0.1, 0.15) is 18.9 Å². The highest BCUT2D eigenvalue weighted by Gasteiger charge is 2.04. The van der Waals surface area contributed by atoms with Gasteiger partial charge in [-0.1, -0.05) is 12.2 Å². The number of nitrogens with one attached hydrogen (secondary N) is 1. The lowest BCUT2D eigenvalue weighted by atomic mass is 10.1. The van der Waals surface area contributed by atoms with Crippen LogP contribution in [0.15, 0.2) is 35.3 Å². The van der Waals surface area contributed by atoms with Crippen molar-refractivity contribution in [1.29, 1.82) is 0 Å². The normalized spacial score (nSPS) is 11.1. The molecule has 0 bridgehead atoms. The summed E-state index contributed by atoms with van der Waals surface area (Å²) in [7, 11) is 3.33. The molecular weight excluding hydrogens is 266 g/mol. The summed E-state index contributed by atoms with van der Waals surface area (Å²) in [6.07, 6.45) is 1.80. The SMILES string of the molecule is C=C(C)CN=C(N)NCCCc1cc(OC)ccc1OC. The minimum absolute atomic E-state index is 0.454. The van der Waals surface area contributed by atoms with E-state index in [1.165, 1.54) is 0 Å². The molecule has 1 rings (SSSR count). The molecule has 5 nitrogen and oxygen atoms in total. The van der Waals surface area contributed by atoms with Crippen molar-refractivity contribution in [3.63, 3.8) is 0 Å². The molecule has 0 amide bonds. The molecule has 0 aliphatic heterocycles. The van der Waals surface area contributed by atoms with Gasteiger partial charge in [-0.05, 0) is 43.5 Å². The molecule has 116 valence electrons. The highest BCUT2D eigenvalue weighted by molar-refractivity contribution is 5.77. The molecule has 0 aliphatic carbocycles. The number of ether oxygens (including phenoxy) is 2. The Morgan fingerprint density at radius 2 is 2.10 bits per heavy atom. The van der Waals surface area contributed by atoms with Crippen LogP contribution in [-0.2, 0) is 6.42 Å². The maximum atomic E-state index is 5.76. The summed E-state index contributed by atoms with van der Waals surface area (Å²) in [4.78, 5) is 4.17. The molecule has 0 saturated carbocycles. The van der Waals surface area contributed by atoms with Crippen molar-refractivity contribution in [2.24, 2.45) is 10.7 Å². The van der Waals surface area contributed by atoms with E-state index < -0.39 is 0 Å². The van der Waals surface area contributed by atoms with Crippen molar-refractivity contribution in [3.05, 3.63) is 35.9 Å². The summed E-state index contributed by atoms with van der Waals surface area (Å²) < 4.78 is 10.6. The number of aliphatic imine (C=N–C) groups is 1. The first-order chi connectivity index (χ1) is 10.1. The monoisotopic (exact) mass is 291 g/mol. The van der Waals surface area contributed by atoms with Crippen LogP contribution in [0.2, 0.25) is 0 Å². The zero-order valence-corrected chi connectivity index (χ0v) is 13.1. The molecule has 0 unspecified atom stereocenters. The van der Waals surface area contributed by atoms with Gasteiger partial charge in [0.15, 0.2) is 5.96 Å². The summed E-state index contributed by atoms with van der Waals surface area (Å²) in [5.41, 5.74) is 7.86. The zero-order chi connectivity index (χ0) is 15.7. The Bertz CT molecular complexity index is 498. The Hall–Kier alpha value is -2.17. The third-order valence-corrected chi connectivity index (χ3v) is 2.94. The maximum Gasteiger partial charge on any atom is 0.188 e. The first-order valence-corrected chi connectivity index (χ1v) is 6.96. The fourth-order valence-electron chi connectivity index (χ4n) is 1.85. The number of benzene rings is 1. The van der Waals surface area contributed by atoms with Crippen LogP contribution in [0, 0.1) is 0 Å². The summed E-state index contributed by atoms with van der Waals surface area (Å²) >= 11 is 0. The molecule has 0 fully saturated rings. The summed E-state index contributed by atoms with van der Waals surface area (Å²) in [6.45, 7) is 7.02. The van der Waals surface area contributed by atoms with E-state index in [1.807, 2.05) is 25.1 Å². The molecule has 0 aromatic heterocycles. The van der Waals surface area contributed by atoms with Crippen LogP contribution in [-0.4, -0.2) is 33.3 Å². The van der Waals surface area contributed by atoms with Crippen LogP contribution in [0.4, 0.5) is 0 Å². The highest BCUT2D eigenvalue weighted by atomic mass is 16.5. The Balaban J connectivity index is 2.45. The first-order valence-electron chi connectivity index (χ1n) is 6.96. The number of nitrogens with zero attached hydrogens (tertiary/aromatic N) is 1. The second-order valence-electron chi connectivity index (χ2n) is 4.87. The zero-order valence-electron chi connectivity index (χ0n) is 13.1. The lowest BCUT2D eigenvalue weighted by Crippen LogP contribution is -2.32. The molecule has 1 aromatic rings. The number of rotatable bonds is 8. The number of nitrogens with two attached hydrogens (primary N) is 1. The van der Waals surface area contributed by atoms with Crippen molar-refractivity contribution >= 4 is 5.96 Å². The number of hydrogen-bond donors (Lipinski definition) is 2. The van der Waals surface area contributed by atoms with Crippen molar-refractivity contribution < 1.29 is 9.47 Å². The van der Waals surface area contributed by atoms with E-state index in [-0.39, 0.29) is 0 Å². The minimum Gasteiger partial charge on any atom is -0.497 e. The Morgan fingerprint density at radius 3 is 2.71 bits per heavy atom. The molecule has 3 N–H and O–H groups in total. The van der Waals surface area contributed by atoms with Crippen LogP contribution in [0.3, 0.4) is 0 Å². The van der Waals surface area contributed by atoms with Gasteiger partial charge in [-0.3, -0.25) is 0 Å². The van der Waals surface area contributed by atoms with Crippen molar-refractivity contribution in [1.82, 2.24) is 5.32 Å². The smallest absolute Gasteiger partial charge is 0.188 e. The summed E-state index contributed by atoms with van der Waals surface area (Å²) in [6, 6.07) is 5.81. The van der Waals surface area contributed by atoms with Gasteiger partial charge in [-0.2, -0.15) is 0 Å². The van der Waals surface area contributed by atoms with Gasteiger partial charge in [0.25, 0.3) is 0 Å². The van der Waals surface area contributed by atoms with Gasteiger partial charge in [0.05, 0.1) is 20.8 Å². The highest BCUT2D eigenvalue weighted by Crippen LogP contribution is 2.24. The predicted molar refractivity (Wildman–Crippen MR) is 87.2 cm³/mol. The average Bonchev–Trinajstić information content (AvgIpc) is 2.49. The fraction of sp³-hybridized carbons (Fsp3) is 0.438. The molecule has 0 aliphatic rings. The van der Waals surface area contributed by atoms with Crippen LogP contribution < -0.4 is 20.5 Å². The van der Waals surface area contributed by atoms with Crippen LogP contribution in [0.5, 0.6) is 11.5 Å². The Kier molecular flexibility index (Phi) is 7.15. The van der Waals surface area contributed by atoms with E-state index >= 15 is 0 Å². The number of guanidine groups is 1. The van der Waals surface area contributed by atoms with Crippen LogP contribution >= 0.6 is 0 Å². The van der Waals surface area contributed by atoms with E-state index in [1.54, 1.807) is 14.2 Å². The second-order valence-corrected chi connectivity index (χ2v) is 4.87. The van der Waals surface area contributed by atoms with Gasteiger partial charge in [0.1, 0.15) is 11.5 Å². The van der Waals surface area contributed by atoms with E-state index in [0.29, 0.717) is 12.5 Å². The van der Waals surface area contributed by atoms with Crippen LogP contribution in [0.25, 0.3) is 0 Å². The quantitative estimate of drug-likeness (QED) is 0.333. The summed E-state index contributed by atoms with van der Waals surface area (Å²) in [5.74, 6) is 2.16. The van der Waals surface area contributed by atoms with Gasteiger partial charge >= 0.3 is 0 Å². The van der Waals surface area contributed by atoms with Crippen molar-refractivity contribution in [3.8, 4) is 11.5 Å². The fourth-order valence-corrected chi connectivity index (χ4v) is 1.85. The molecule has 21 heavy (non-hydrogen) atoms. The second kappa shape index (κ2) is 8.89. The predicted octanol–water partition coefficient (Wildman–Crippen LogP) is 2.12. The van der Waals surface area contributed by atoms with Gasteiger partial charge < -0.3 is 20.5 Å². The molecule has 5 heteroatoms. The van der Waals surface area contributed by atoms with Gasteiger partial charge in [0.2, 0.25) is 0 Å². The maximum absolute atomic E-state index is 5.76. The molecule has 0 radical (unpaired) electrons. The molecule has 0 atom stereocenters. The third kappa shape index (κ3) is 6.21. The van der Waals surface area contributed by atoms with E-state index in [0.717, 1.165) is 42.0 Å². The lowest BCUT2D eigenvalue weighted by molar-refractivity contribution is 0.398. The van der Waals surface area contributed by atoms with Gasteiger partial charge in [0, 0.05) is 6.54 Å². The third-order valence-electron chi connectivity index (χ3n) is 2.94. The number of hydrogen-bond acceptors (Lipinski definition) is 3. The van der Waals surface area contributed by atoms with Gasteiger partial charge in [-0.15, -0.1) is 0 Å². The number of methoxy groups -OCH3 is 2. The van der Waals surface area contributed by atoms with Gasteiger partial charge in [-0.25, -0.2) is 4.99 Å². The Labute approximate surface area is 126 Å². The average molecular weight is 291 g/mol. The standard InChI is InChI=1S/C16H25N3O2/c1-12(2)11-19-16(17)18-9-5-6-13-10-14(20-3)7-8-15(13)21-4/h7-8,10H,1,5-6,9,11H2,2-4H3,(H3,17,18,19). The van der Waals surface area contributed by atoms with Crippen molar-refractivity contribution in [2.75, 3.05) is 27.3 Å².